The molecule has 8 nitrogen and oxygen atoms in total. The van der Waals surface area contributed by atoms with Crippen LogP contribution in [-0.4, -0.2) is 34.7 Å². The number of benzene rings is 2. The first kappa shape index (κ1) is 20.7. The Morgan fingerprint density at radius 2 is 1.71 bits per heavy atom. The topological polar surface area (TPSA) is 116 Å². The number of nitro benzene ring substituents is 1. The lowest BCUT2D eigenvalue weighted by Gasteiger charge is -2.17. The summed E-state index contributed by atoms with van der Waals surface area (Å²) in [6, 6.07) is 8.69. The lowest BCUT2D eigenvalue weighted by atomic mass is 10.1. The summed E-state index contributed by atoms with van der Waals surface area (Å²) < 4.78 is 18.0. The van der Waals surface area contributed by atoms with Gasteiger partial charge in [0.05, 0.1) is 4.92 Å². The van der Waals surface area contributed by atoms with Crippen molar-refractivity contribution in [3.05, 3.63) is 75.6 Å². The largest absolute Gasteiger partial charge is 0.453 e. The molecule has 0 spiro atoms. The van der Waals surface area contributed by atoms with Gasteiger partial charge in [-0.05, 0) is 44.2 Å². The maximum atomic E-state index is 12.9. The molecular formula is C19H17FN2O6. The van der Waals surface area contributed by atoms with Crippen molar-refractivity contribution in [2.45, 2.75) is 26.0 Å². The minimum Gasteiger partial charge on any atom is -0.453 e. The van der Waals surface area contributed by atoms with E-state index in [2.05, 4.69) is 5.32 Å². The third-order valence-electron chi connectivity index (χ3n) is 3.81. The Morgan fingerprint density at radius 3 is 2.32 bits per heavy atom. The van der Waals surface area contributed by atoms with Gasteiger partial charge in [0.2, 0.25) is 5.78 Å². The van der Waals surface area contributed by atoms with Crippen LogP contribution in [0.25, 0.3) is 0 Å². The fraction of sp³-hybridized carbons (Fsp3) is 0.211. The molecule has 28 heavy (non-hydrogen) atoms. The van der Waals surface area contributed by atoms with Crippen molar-refractivity contribution in [1.82, 2.24) is 5.32 Å². The molecule has 2 aromatic carbocycles. The summed E-state index contributed by atoms with van der Waals surface area (Å²) in [6.45, 7) is 2.71. The van der Waals surface area contributed by atoms with E-state index >= 15 is 0 Å². The Balaban J connectivity index is 1.97. The molecule has 9 heteroatoms. The van der Waals surface area contributed by atoms with Crippen LogP contribution in [0, 0.1) is 15.9 Å². The number of nitrogens with one attached hydrogen (secondary N) is 1. The molecule has 0 fully saturated rings. The lowest BCUT2D eigenvalue weighted by molar-refractivity contribution is -0.384. The van der Waals surface area contributed by atoms with Crippen molar-refractivity contribution in [2.75, 3.05) is 0 Å². The first-order chi connectivity index (χ1) is 13.2. The highest BCUT2D eigenvalue weighted by molar-refractivity contribution is 6.01. The number of Topliss-reactive ketones (excluding diaryl/α,β-unsaturated/α-hetero) is 1. The number of amides is 1. The highest BCUT2D eigenvalue weighted by atomic mass is 19.1. The molecule has 1 amide bonds. The van der Waals surface area contributed by atoms with Crippen LogP contribution in [0.5, 0.6) is 0 Å². The molecule has 2 aromatic rings. The monoisotopic (exact) mass is 388 g/mol. The van der Waals surface area contributed by atoms with Gasteiger partial charge >= 0.3 is 5.97 Å². The molecule has 0 aliphatic carbocycles. The highest BCUT2D eigenvalue weighted by Gasteiger charge is 2.24. The van der Waals surface area contributed by atoms with Crippen molar-refractivity contribution in [2.24, 2.45) is 0 Å². The zero-order valence-electron chi connectivity index (χ0n) is 15.0. The van der Waals surface area contributed by atoms with Gasteiger partial charge in [0.1, 0.15) is 11.9 Å². The molecule has 0 aliphatic heterocycles. The second kappa shape index (κ2) is 8.85. The number of carbonyl (C=O) groups excluding carboxylic acids is 3. The van der Waals surface area contributed by atoms with Crippen LogP contribution in [-0.2, 0) is 9.53 Å². The van der Waals surface area contributed by atoms with E-state index in [0.717, 1.165) is 18.2 Å². The molecule has 0 aliphatic rings. The third-order valence-corrected chi connectivity index (χ3v) is 3.81. The van der Waals surface area contributed by atoms with E-state index in [1.54, 1.807) is 0 Å². The van der Waals surface area contributed by atoms with Crippen LogP contribution >= 0.6 is 0 Å². The number of nitro groups is 1. The van der Waals surface area contributed by atoms with Crippen LogP contribution in [0.3, 0.4) is 0 Å². The smallest absolute Gasteiger partial charge is 0.329 e. The molecule has 0 bridgehead atoms. The minimum atomic E-state index is -1.14. The zero-order valence-corrected chi connectivity index (χ0v) is 15.0. The van der Waals surface area contributed by atoms with Gasteiger partial charge < -0.3 is 10.1 Å². The van der Waals surface area contributed by atoms with E-state index in [9.17, 15) is 28.9 Å². The predicted molar refractivity (Wildman–Crippen MR) is 96.3 cm³/mol. The number of hydrogen-bond acceptors (Lipinski definition) is 6. The van der Waals surface area contributed by atoms with E-state index in [1.165, 1.54) is 44.2 Å². The molecule has 1 N–H and O–H groups in total. The fourth-order valence-electron chi connectivity index (χ4n) is 2.28. The summed E-state index contributed by atoms with van der Waals surface area (Å²) in [7, 11) is 0. The van der Waals surface area contributed by atoms with Gasteiger partial charge in [-0.2, -0.15) is 0 Å². The van der Waals surface area contributed by atoms with Gasteiger partial charge in [-0.3, -0.25) is 19.7 Å². The minimum absolute atomic E-state index is 0.00397. The summed E-state index contributed by atoms with van der Waals surface area (Å²) in [6.07, 6.45) is -1.14. The predicted octanol–water partition coefficient (Wildman–Crippen LogP) is 2.67. The number of esters is 1. The van der Waals surface area contributed by atoms with Gasteiger partial charge in [0.25, 0.3) is 11.6 Å². The molecule has 0 saturated heterocycles. The first-order valence-corrected chi connectivity index (χ1v) is 8.24. The molecule has 0 aromatic heterocycles. The number of hydrogen-bond donors (Lipinski definition) is 1. The fourth-order valence-corrected chi connectivity index (χ4v) is 2.28. The van der Waals surface area contributed by atoms with E-state index in [-0.39, 0.29) is 16.8 Å². The number of rotatable bonds is 7. The van der Waals surface area contributed by atoms with Gasteiger partial charge in [-0.25, -0.2) is 9.18 Å². The summed E-state index contributed by atoms with van der Waals surface area (Å²) in [5, 5.41) is 13.1. The summed E-state index contributed by atoms with van der Waals surface area (Å²) in [5.74, 6) is -2.59. The summed E-state index contributed by atoms with van der Waals surface area (Å²) >= 11 is 0. The Hall–Kier alpha value is -3.62. The van der Waals surface area contributed by atoms with Gasteiger partial charge in [-0.15, -0.1) is 0 Å². The third kappa shape index (κ3) is 5.19. The molecule has 2 rings (SSSR count). The zero-order chi connectivity index (χ0) is 20.8. The SMILES string of the molecule is C[C@H](NC(=O)c1cccc([N+](=O)[O-])c1)C(=O)O[C@H](C)C(=O)c1ccc(F)cc1. The summed E-state index contributed by atoms with van der Waals surface area (Å²) in [5.41, 5.74) is -0.0827. The van der Waals surface area contributed by atoms with E-state index in [1.807, 2.05) is 0 Å². The van der Waals surface area contributed by atoms with Gasteiger partial charge in [-0.1, -0.05) is 6.07 Å². The average molecular weight is 388 g/mol. The van der Waals surface area contributed by atoms with Gasteiger partial charge in [0, 0.05) is 23.3 Å². The number of ether oxygens (including phenoxy) is 1. The highest BCUT2D eigenvalue weighted by Crippen LogP contribution is 2.13. The molecule has 0 radical (unpaired) electrons. The van der Waals surface area contributed by atoms with Crippen LogP contribution < -0.4 is 5.32 Å². The van der Waals surface area contributed by atoms with Crippen LogP contribution in [0.15, 0.2) is 48.5 Å². The number of carbonyl (C=O) groups is 3. The van der Waals surface area contributed by atoms with Crippen LogP contribution in [0.4, 0.5) is 10.1 Å². The second-order valence-corrected chi connectivity index (χ2v) is 5.95. The van der Waals surface area contributed by atoms with Crippen molar-refractivity contribution in [3.63, 3.8) is 0 Å². The van der Waals surface area contributed by atoms with Crippen molar-refractivity contribution >= 4 is 23.3 Å². The van der Waals surface area contributed by atoms with Crippen LogP contribution in [0.2, 0.25) is 0 Å². The first-order valence-electron chi connectivity index (χ1n) is 8.24. The quantitative estimate of drug-likeness (QED) is 0.337. The van der Waals surface area contributed by atoms with Crippen LogP contribution in [0.1, 0.15) is 34.6 Å². The summed E-state index contributed by atoms with van der Waals surface area (Å²) in [4.78, 5) is 46.6. The molecular weight excluding hydrogens is 371 g/mol. The molecule has 0 heterocycles. The molecule has 146 valence electrons. The average Bonchev–Trinajstić information content (AvgIpc) is 2.67. The number of ketones is 1. The number of non-ortho nitro benzene ring substituents is 1. The lowest BCUT2D eigenvalue weighted by Crippen LogP contribution is -2.41. The van der Waals surface area contributed by atoms with E-state index < -0.39 is 40.5 Å². The number of halogens is 1. The maximum absolute atomic E-state index is 12.9. The van der Waals surface area contributed by atoms with E-state index in [0.29, 0.717) is 0 Å². The normalized spacial score (nSPS) is 12.5. The maximum Gasteiger partial charge on any atom is 0.329 e. The van der Waals surface area contributed by atoms with Crippen molar-refractivity contribution in [1.29, 1.82) is 0 Å². The Labute approximate surface area is 159 Å². The van der Waals surface area contributed by atoms with Gasteiger partial charge in [0.15, 0.2) is 6.10 Å². The van der Waals surface area contributed by atoms with E-state index in [4.69, 9.17) is 4.74 Å². The standard InChI is InChI=1S/C19H17FN2O6/c1-11(21-18(24)14-4-3-5-16(10-14)22(26)27)19(25)28-12(2)17(23)13-6-8-15(20)9-7-13/h3-12H,1-2H3,(H,21,24)/t11-,12+/m0/s1. The molecule has 0 unspecified atom stereocenters. The number of nitrogens with zero attached hydrogens (tertiary/aromatic N) is 1. The Bertz CT molecular complexity index is 913. The second-order valence-electron chi connectivity index (χ2n) is 5.95. The Morgan fingerprint density at radius 1 is 1.07 bits per heavy atom. The molecule has 0 saturated carbocycles. The van der Waals surface area contributed by atoms with Crippen molar-refractivity contribution < 1.29 is 28.4 Å². The van der Waals surface area contributed by atoms with Crippen molar-refractivity contribution in [3.8, 4) is 0 Å². The Kier molecular flexibility index (Phi) is 6.54. The molecule has 2 atom stereocenters.